The topological polar surface area (TPSA) is 29.5 Å². The third-order valence-corrected chi connectivity index (χ3v) is 4.67. The van der Waals surface area contributed by atoms with Crippen LogP contribution in [0.2, 0.25) is 0 Å². The molecule has 0 radical (unpaired) electrons. The molecule has 0 N–H and O–H groups in total. The van der Waals surface area contributed by atoms with E-state index < -0.39 is 0 Å². The van der Waals surface area contributed by atoms with E-state index >= 15 is 0 Å². The Bertz CT molecular complexity index is 301. The smallest absolute Gasteiger partial charge is 0.383 e. The van der Waals surface area contributed by atoms with Gasteiger partial charge in [-0.2, -0.15) is 0 Å². The molecule has 1 heterocycles. The maximum Gasteiger partial charge on any atom is 0.383 e. The molecule has 1 aliphatic heterocycles. The molecule has 1 saturated carbocycles. The molecule has 18 heavy (non-hydrogen) atoms. The van der Waals surface area contributed by atoms with Gasteiger partial charge >= 0.3 is 5.30 Å². The van der Waals surface area contributed by atoms with Crippen LogP contribution in [0.25, 0.3) is 0 Å². The van der Waals surface area contributed by atoms with Gasteiger partial charge in [0.2, 0.25) is 0 Å². The summed E-state index contributed by atoms with van der Waals surface area (Å²) >= 11 is 1.28. The molecule has 0 unspecified atom stereocenters. The lowest BCUT2D eigenvalue weighted by Gasteiger charge is -2.40. The van der Waals surface area contributed by atoms with Gasteiger partial charge in [-0.15, -0.1) is 0 Å². The highest BCUT2D eigenvalue weighted by atomic mass is 32.2. The molecular formula is C14H25NO2S. The van der Waals surface area contributed by atoms with Gasteiger partial charge in [-0.3, -0.25) is 0 Å². The minimum atomic E-state index is -0.382. The number of carbonyl (C=O) groups is 1. The number of ether oxygens (including phenoxy) is 1. The zero-order valence-corrected chi connectivity index (χ0v) is 12.6. The van der Waals surface area contributed by atoms with Crippen LogP contribution in [0.1, 0.15) is 52.9 Å². The molecule has 2 rings (SSSR count). The minimum Gasteiger partial charge on any atom is -0.451 e. The molecule has 0 aromatic carbocycles. The molecule has 104 valence electrons. The molecule has 0 aromatic rings. The van der Waals surface area contributed by atoms with Gasteiger partial charge in [0, 0.05) is 25.0 Å². The minimum absolute atomic E-state index is 0.156. The summed E-state index contributed by atoms with van der Waals surface area (Å²) in [5, 5.41) is -0.156. The second-order valence-electron chi connectivity index (χ2n) is 6.54. The van der Waals surface area contributed by atoms with Crippen molar-refractivity contribution in [3.63, 3.8) is 0 Å². The van der Waals surface area contributed by atoms with E-state index in [1.54, 1.807) is 0 Å². The van der Waals surface area contributed by atoms with Crippen molar-refractivity contribution < 1.29 is 9.53 Å². The van der Waals surface area contributed by atoms with Crippen LogP contribution in [-0.2, 0) is 4.74 Å². The molecule has 0 bridgehead atoms. The van der Waals surface area contributed by atoms with E-state index in [2.05, 4.69) is 4.31 Å². The van der Waals surface area contributed by atoms with Crippen LogP contribution in [0.3, 0.4) is 0 Å². The van der Waals surface area contributed by atoms with Crippen molar-refractivity contribution in [1.82, 2.24) is 4.31 Å². The van der Waals surface area contributed by atoms with E-state index in [9.17, 15) is 4.79 Å². The Balaban J connectivity index is 1.79. The van der Waals surface area contributed by atoms with E-state index in [4.69, 9.17) is 4.74 Å². The zero-order valence-electron chi connectivity index (χ0n) is 11.8. The number of fused-ring (bicyclic) bond motifs is 1. The number of nitrogens with zero attached hydrogens (tertiary/aromatic N) is 1. The van der Waals surface area contributed by atoms with Gasteiger partial charge in [-0.05, 0) is 45.4 Å². The molecule has 2 aliphatic rings. The number of hydrogen-bond acceptors (Lipinski definition) is 4. The SMILES string of the molecule is CC(C)(C)OC(=O)SN1CC[C@H]2CCCC[C@@H]2C1. The molecule has 2 atom stereocenters. The van der Waals surface area contributed by atoms with Crippen molar-refractivity contribution in [2.75, 3.05) is 13.1 Å². The summed E-state index contributed by atoms with van der Waals surface area (Å²) in [5.41, 5.74) is -0.382. The Hall–Kier alpha value is -0.220. The molecule has 0 amide bonds. The average molecular weight is 271 g/mol. The Kier molecular flexibility index (Phi) is 4.59. The summed E-state index contributed by atoms with van der Waals surface area (Å²) in [7, 11) is 0. The molecular weight excluding hydrogens is 246 g/mol. The van der Waals surface area contributed by atoms with Crippen molar-refractivity contribution in [1.29, 1.82) is 0 Å². The monoisotopic (exact) mass is 271 g/mol. The third kappa shape index (κ3) is 4.16. The normalized spacial score (nSPS) is 29.7. The van der Waals surface area contributed by atoms with Crippen molar-refractivity contribution in [3.05, 3.63) is 0 Å². The van der Waals surface area contributed by atoms with Gasteiger partial charge in [0.15, 0.2) is 0 Å². The average Bonchev–Trinajstić information content (AvgIpc) is 2.26. The first-order valence-electron chi connectivity index (χ1n) is 7.10. The highest BCUT2D eigenvalue weighted by Crippen LogP contribution is 2.38. The van der Waals surface area contributed by atoms with E-state index in [0.717, 1.165) is 24.9 Å². The maximum absolute atomic E-state index is 11.8. The van der Waals surface area contributed by atoms with Crippen LogP contribution >= 0.6 is 11.9 Å². The zero-order chi connectivity index (χ0) is 13.2. The van der Waals surface area contributed by atoms with Crippen LogP contribution in [0.5, 0.6) is 0 Å². The molecule has 3 nitrogen and oxygen atoms in total. The summed E-state index contributed by atoms with van der Waals surface area (Å²) in [4.78, 5) is 11.8. The van der Waals surface area contributed by atoms with Gasteiger partial charge in [0.25, 0.3) is 0 Å². The molecule has 0 aromatic heterocycles. The van der Waals surface area contributed by atoms with Gasteiger partial charge < -0.3 is 4.74 Å². The summed E-state index contributed by atoms with van der Waals surface area (Å²) in [6.45, 7) is 7.84. The lowest BCUT2D eigenvalue weighted by atomic mass is 9.76. The standard InChI is InChI=1S/C14H25NO2S/c1-14(2,3)17-13(16)18-15-9-8-11-6-4-5-7-12(11)10-15/h11-12H,4-10H2,1-3H3/t11-,12-/m1/s1. The summed E-state index contributed by atoms with van der Waals surface area (Å²) in [6.07, 6.45) is 6.76. The maximum atomic E-state index is 11.8. The Morgan fingerprint density at radius 3 is 2.50 bits per heavy atom. The number of carbonyl (C=O) groups excluding carboxylic acids is 1. The lowest BCUT2D eigenvalue weighted by molar-refractivity contribution is 0.0722. The Labute approximate surface area is 115 Å². The third-order valence-electron chi connectivity index (χ3n) is 3.85. The van der Waals surface area contributed by atoms with E-state index in [1.165, 1.54) is 44.1 Å². The van der Waals surface area contributed by atoms with Gasteiger partial charge in [0.05, 0.1) is 0 Å². The van der Waals surface area contributed by atoms with Crippen LogP contribution < -0.4 is 0 Å². The largest absolute Gasteiger partial charge is 0.451 e. The molecule has 1 saturated heterocycles. The second-order valence-corrected chi connectivity index (χ2v) is 7.57. The lowest BCUT2D eigenvalue weighted by Crippen LogP contribution is -2.39. The first kappa shape index (κ1) is 14.2. The summed E-state index contributed by atoms with van der Waals surface area (Å²) in [6, 6.07) is 0. The number of hydrogen-bond donors (Lipinski definition) is 0. The van der Waals surface area contributed by atoms with Crippen LogP contribution in [0.15, 0.2) is 0 Å². The van der Waals surface area contributed by atoms with Crippen molar-refractivity contribution in [2.24, 2.45) is 11.8 Å². The second kappa shape index (κ2) is 5.83. The van der Waals surface area contributed by atoms with Crippen molar-refractivity contribution in [3.8, 4) is 0 Å². The molecule has 0 spiro atoms. The van der Waals surface area contributed by atoms with Crippen molar-refractivity contribution >= 4 is 17.2 Å². The fourth-order valence-corrected chi connectivity index (χ4v) is 3.99. The molecule has 1 aliphatic carbocycles. The molecule has 2 fully saturated rings. The molecule has 4 heteroatoms. The van der Waals surface area contributed by atoms with E-state index in [-0.39, 0.29) is 10.9 Å². The highest BCUT2D eigenvalue weighted by molar-refractivity contribution is 8.11. The van der Waals surface area contributed by atoms with Gasteiger partial charge in [-0.1, -0.05) is 19.3 Å². The predicted octanol–water partition coefficient (Wildman–Crippen LogP) is 4.08. The van der Waals surface area contributed by atoms with Gasteiger partial charge in [-0.25, -0.2) is 9.10 Å². The van der Waals surface area contributed by atoms with Crippen LogP contribution in [0, 0.1) is 11.8 Å². The Morgan fingerprint density at radius 1 is 1.17 bits per heavy atom. The Morgan fingerprint density at radius 2 is 1.83 bits per heavy atom. The first-order valence-corrected chi connectivity index (χ1v) is 7.87. The number of rotatable bonds is 1. The predicted molar refractivity (Wildman–Crippen MR) is 75.5 cm³/mol. The highest BCUT2D eigenvalue weighted by Gasteiger charge is 2.32. The first-order chi connectivity index (χ1) is 8.44. The summed E-state index contributed by atoms with van der Waals surface area (Å²) in [5.74, 6) is 1.72. The van der Waals surface area contributed by atoms with Gasteiger partial charge in [0.1, 0.15) is 5.60 Å². The number of piperidine rings is 1. The fraction of sp³-hybridized carbons (Fsp3) is 0.929. The van der Waals surface area contributed by atoms with Crippen LogP contribution in [-0.4, -0.2) is 28.3 Å². The van der Waals surface area contributed by atoms with E-state index in [0.29, 0.717) is 0 Å². The van der Waals surface area contributed by atoms with Crippen LogP contribution in [0.4, 0.5) is 4.79 Å². The fourth-order valence-electron chi connectivity index (χ4n) is 3.02. The summed E-state index contributed by atoms with van der Waals surface area (Å²) < 4.78 is 7.57. The quantitative estimate of drug-likeness (QED) is 0.531. The van der Waals surface area contributed by atoms with E-state index in [1.807, 2.05) is 20.8 Å². The van der Waals surface area contributed by atoms with Crippen molar-refractivity contribution in [2.45, 2.75) is 58.5 Å².